The van der Waals surface area contributed by atoms with Crippen LogP contribution in [0.1, 0.15) is 32.9 Å². The van der Waals surface area contributed by atoms with E-state index in [1.54, 1.807) is 17.8 Å². The number of pyridine rings is 2. The topological polar surface area (TPSA) is 70.1 Å². The number of rotatable bonds is 5. The number of aryl methyl sites for hydroxylation is 2. The van der Waals surface area contributed by atoms with E-state index in [0.29, 0.717) is 11.3 Å². The molecular formula is C21H27N3O2. The normalized spacial score (nSPS) is 14.1. The van der Waals surface area contributed by atoms with Crippen molar-refractivity contribution in [3.8, 4) is 5.75 Å². The monoisotopic (exact) mass is 353 g/mol. The quantitative estimate of drug-likeness (QED) is 0.712. The van der Waals surface area contributed by atoms with Crippen molar-refractivity contribution in [2.75, 3.05) is 0 Å². The lowest BCUT2D eigenvalue weighted by Crippen LogP contribution is -2.37. The van der Waals surface area contributed by atoms with Crippen LogP contribution in [0.4, 0.5) is 0 Å². The summed E-state index contributed by atoms with van der Waals surface area (Å²) in [5.74, 6) is 1.25. The number of aromatic nitrogens is 2. The van der Waals surface area contributed by atoms with Gasteiger partial charge in [-0.3, -0.25) is 9.78 Å². The molecular weight excluding hydrogens is 326 g/mol. The van der Waals surface area contributed by atoms with Crippen LogP contribution in [0, 0.1) is 12.8 Å². The van der Waals surface area contributed by atoms with Crippen LogP contribution in [-0.4, -0.2) is 21.7 Å². The number of benzene rings is 1. The highest BCUT2D eigenvalue weighted by Gasteiger charge is 2.17. The second-order valence-electron chi connectivity index (χ2n) is 7.48. The maximum Gasteiger partial charge on any atom is 0.260 e. The summed E-state index contributed by atoms with van der Waals surface area (Å²) < 4.78 is 7.73. The van der Waals surface area contributed by atoms with Crippen molar-refractivity contribution in [1.82, 2.24) is 9.55 Å². The summed E-state index contributed by atoms with van der Waals surface area (Å²) in [5.41, 5.74) is 7.79. The molecule has 2 heterocycles. The first-order chi connectivity index (χ1) is 12.3. The smallest absolute Gasteiger partial charge is 0.260 e. The molecule has 5 nitrogen and oxygen atoms in total. The number of hydrogen-bond donors (Lipinski definition) is 1. The minimum absolute atomic E-state index is 0.0279. The van der Waals surface area contributed by atoms with E-state index in [2.05, 4.69) is 18.8 Å². The minimum Gasteiger partial charge on any atom is -0.489 e. The molecule has 2 atom stereocenters. The molecule has 0 radical (unpaired) electrons. The second kappa shape index (κ2) is 7.08. The molecule has 0 spiro atoms. The lowest BCUT2D eigenvalue weighted by Gasteiger charge is -2.23. The zero-order valence-corrected chi connectivity index (χ0v) is 16.1. The Morgan fingerprint density at radius 3 is 2.62 bits per heavy atom. The zero-order valence-electron chi connectivity index (χ0n) is 16.1. The van der Waals surface area contributed by atoms with Crippen LogP contribution >= 0.6 is 0 Å². The van der Waals surface area contributed by atoms with Crippen molar-refractivity contribution in [2.45, 2.75) is 46.3 Å². The number of nitrogens with two attached hydrogens (primary N) is 1. The molecule has 0 bridgehead atoms. The molecule has 0 aliphatic heterocycles. The van der Waals surface area contributed by atoms with E-state index in [-0.39, 0.29) is 17.7 Å². The van der Waals surface area contributed by atoms with Crippen LogP contribution in [0.3, 0.4) is 0 Å². The fraction of sp³-hybridized carbons (Fsp3) is 0.429. The third kappa shape index (κ3) is 3.31. The predicted molar refractivity (Wildman–Crippen MR) is 107 cm³/mol. The Bertz CT molecular complexity index is 1010. The first-order valence-corrected chi connectivity index (χ1v) is 9.10. The summed E-state index contributed by atoms with van der Waals surface area (Å²) in [6, 6.07) is 7.74. The molecule has 0 aliphatic rings. The number of ether oxygens (including phenoxy) is 1. The molecule has 0 amide bonds. The Morgan fingerprint density at radius 1 is 1.19 bits per heavy atom. The van der Waals surface area contributed by atoms with E-state index < -0.39 is 0 Å². The maximum atomic E-state index is 12.8. The maximum absolute atomic E-state index is 12.8. The van der Waals surface area contributed by atoms with Crippen molar-refractivity contribution >= 4 is 21.7 Å². The van der Waals surface area contributed by atoms with Gasteiger partial charge in [0.2, 0.25) is 0 Å². The number of fused-ring (bicyclic) bond motifs is 3. The molecule has 2 N–H and O–H groups in total. The van der Waals surface area contributed by atoms with Gasteiger partial charge in [-0.2, -0.15) is 0 Å². The standard InChI is InChI=1S/C21H27N3O2/c1-12(2)10-18(22)14(4)26-15-6-7-16-17-8-9-23-13(3)20(17)21(25)24(5)19(16)11-15/h6-9,11-12,14,18H,10,22H2,1-5H3/t14-,18-/m0/s1. The largest absolute Gasteiger partial charge is 0.489 e. The first-order valence-electron chi connectivity index (χ1n) is 9.10. The molecule has 0 unspecified atom stereocenters. The first kappa shape index (κ1) is 18.4. The molecule has 3 aromatic rings. The molecule has 26 heavy (non-hydrogen) atoms. The summed E-state index contributed by atoms with van der Waals surface area (Å²) in [6.07, 6.45) is 2.55. The van der Waals surface area contributed by atoms with Crippen LogP contribution in [0.2, 0.25) is 0 Å². The summed E-state index contributed by atoms with van der Waals surface area (Å²) in [6.45, 7) is 8.16. The van der Waals surface area contributed by atoms with Gasteiger partial charge in [0.05, 0.1) is 16.6 Å². The van der Waals surface area contributed by atoms with Gasteiger partial charge in [-0.1, -0.05) is 13.8 Å². The lowest BCUT2D eigenvalue weighted by molar-refractivity contribution is 0.177. The van der Waals surface area contributed by atoms with Gasteiger partial charge in [0.25, 0.3) is 5.56 Å². The molecule has 2 aromatic heterocycles. The van der Waals surface area contributed by atoms with E-state index in [0.717, 1.165) is 34.2 Å². The van der Waals surface area contributed by atoms with Crippen LogP contribution in [0.15, 0.2) is 35.3 Å². The Morgan fingerprint density at radius 2 is 1.92 bits per heavy atom. The van der Waals surface area contributed by atoms with E-state index >= 15 is 0 Å². The fourth-order valence-corrected chi connectivity index (χ4v) is 3.47. The number of nitrogens with zero attached hydrogens (tertiary/aromatic N) is 2. The highest BCUT2D eigenvalue weighted by atomic mass is 16.5. The Labute approximate surface area is 153 Å². The lowest BCUT2D eigenvalue weighted by atomic mass is 10.0. The van der Waals surface area contributed by atoms with Gasteiger partial charge in [0.15, 0.2) is 0 Å². The van der Waals surface area contributed by atoms with Gasteiger partial charge in [-0.15, -0.1) is 0 Å². The molecule has 3 rings (SSSR count). The summed E-state index contributed by atoms with van der Waals surface area (Å²) in [7, 11) is 1.79. The predicted octanol–water partition coefficient (Wildman–Crippen LogP) is 3.54. The van der Waals surface area contributed by atoms with Gasteiger partial charge in [-0.05, 0) is 49.8 Å². The van der Waals surface area contributed by atoms with Gasteiger partial charge in [-0.25, -0.2) is 0 Å². The van der Waals surface area contributed by atoms with Gasteiger partial charge in [0, 0.05) is 30.7 Å². The van der Waals surface area contributed by atoms with E-state index in [4.69, 9.17) is 10.5 Å². The van der Waals surface area contributed by atoms with Crippen molar-refractivity contribution in [3.63, 3.8) is 0 Å². The molecule has 0 saturated heterocycles. The SMILES string of the molecule is Cc1nccc2c1c(=O)n(C)c1cc(O[C@@H](C)[C@@H](N)CC(C)C)ccc21. The number of hydrogen-bond acceptors (Lipinski definition) is 4. The van der Waals surface area contributed by atoms with Gasteiger partial charge in [0.1, 0.15) is 11.9 Å². The van der Waals surface area contributed by atoms with E-state index in [1.165, 1.54) is 0 Å². The van der Waals surface area contributed by atoms with Crippen molar-refractivity contribution in [3.05, 3.63) is 46.5 Å². The van der Waals surface area contributed by atoms with Crippen molar-refractivity contribution in [1.29, 1.82) is 0 Å². The minimum atomic E-state index is -0.0984. The Balaban J connectivity index is 2.06. The third-order valence-electron chi connectivity index (χ3n) is 4.95. The van der Waals surface area contributed by atoms with Crippen molar-refractivity contribution in [2.24, 2.45) is 18.7 Å². The molecule has 138 valence electrons. The van der Waals surface area contributed by atoms with Gasteiger partial charge >= 0.3 is 0 Å². The van der Waals surface area contributed by atoms with Crippen LogP contribution in [0.5, 0.6) is 5.75 Å². The summed E-state index contributed by atoms with van der Waals surface area (Å²) in [4.78, 5) is 17.1. The third-order valence-corrected chi connectivity index (χ3v) is 4.95. The average molecular weight is 353 g/mol. The summed E-state index contributed by atoms with van der Waals surface area (Å²) in [5, 5.41) is 2.61. The fourth-order valence-electron chi connectivity index (χ4n) is 3.47. The van der Waals surface area contributed by atoms with Crippen molar-refractivity contribution < 1.29 is 4.74 Å². The second-order valence-corrected chi connectivity index (χ2v) is 7.48. The molecule has 0 fully saturated rings. The van der Waals surface area contributed by atoms with E-state index in [1.807, 2.05) is 38.1 Å². The highest BCUT2D eigenvalue weighted by molar-refractivity contribution is 6.06. The highest BCUT2D eigenvalue weighted by Crippen LogP contribution is 2.27. The zero-order chi connectivity index (χ0) is 19.0. The summed E-state index contributed by atoms with van der Waals surface area (Å²) >= 11 is 0. The van der Waals surface area contributed by atoms with Crippen LogP contribution in [0.25, 0.3) is 21.7 Å². The van der Waals surface area contributed by atoms with Crippen LogP contribution < -0.4 is 16.0 Å². The molecule has 0 aliphatic carbocycles. The molecule has 1 aromatic carbocycles. The molecule has 0 saturated carbocycles. The van der Waals surface area contributed by atoms with Crippen LogP contribution in [-0.2, 0) is 7.05 Å². The Hall–Kier alpha value is -2.40. The average Bonchev–Trinajstić information content (AvgIpc) is 2.58. The van der Waals surface area contributed by atoms with E-state index in [9.17, 15) is 4.79 Å². The van der Waals surface area contributed by atoms with Gasteiger partial charge < -0.3 is 15.0 Å². The Kier molecular flexibility index (Phi) is 5.01. The molecule has 5 heteroatoms.